The summed E-state index contributed by atoms with van der Waals surface area (Å²) in [4.78, 5) is 0. The molecule has 2 heteroatoms. The Kier molecular flexibility index (Phi) is 13.4. The molecule has 48 heavy (non-hydrogen) atoms. The van der Waals surface area contributed by atoms with E-state index in [1.165, 1.54) is 41.9 Å². The predicted molar refractivity (Wildman–Crippen MR) is 218 cm³/mol. The first-order chi connectivity index (χ1) is 23.6. The van der Waals surface area contributed by atoms with Crippen molar-refractivity contribution in [3.63, 3.8) is 0 Å². The average molecular weight is 1010 g/mol. The summed E-state index contributed by atoms with van der Waals surface area (Å²) in [5.74, 6) is 0. The number of allylic oxidation sites excluding steroid dienone is 8. The molecule has 234 valence electrons. The van der Waals surface area contributed by atoms with Crippen LogP contribution in [-0.2, 0) is 0 Å². The maximum absolute atomic E-state index is 3.82. The minimum atomic E-state index is -2.60. The summed E-state index contributed by atoms with van der Waals surface area (Å²) in [6.07, 6.45) is 23.7. The van der Waals surface area contributed by atoms with Crippen LogP contribution in [0.2, 0.25) is 0 Å². The van der Waals surface area contributed by atoms with Crippen LogP contribution in [0.25, 0.3) is 24.3 Å². The van der Waals surface area contributed by atoms with Crippen LogP contribution in [-0.4, -0.2) is 43.5 Å². The third kappa shape index (κ3) is 9.45. The Morgan fingerprint density at radius 2 is 0.438 bits per heavy atom. The van der Waals surface area contributed by atoms with Gasteiger partial charge in [0.15, 0.2) is 0 Å². The Morgan fingerprint density at radius 1 is 0.271 bits per heavy atom. The van der Waals surface area contributed by atoms with E-state index in [0.29, 0.717) is 0 Å². The Balaban J connectivity index is 1.56. The molecule has 0 radical (unpaired) electrons. The summed E-state index contributed by atoms with van der Waals surface area (Å²) < 4.78 is 8.83. The van der Waals surface area contributed by atoms with Crippen molar-refractivity contribution in [1.82, 2.24) is 0 Å². The molecule has 0 saturated heterocycles. The fraction of sp³-hybridized carbons (Fsp3) is 0. The predicted octanol–water partition coefficient (Wildman–Crippen LogP) is 7.52. The Hall–Kier alpha value is -4.21. The van der Waals surface area contributed by atoms with Crippen LogP contribution in [0.15, 0.2) is 196 Å². The fourth-order valence-corrected chi connectivity index (χ4v) is 22.7. The molecule has 0 aromatic heterocycles. The number of hydrogen-bond acceptors (Lipinski definition) is 0. The molecule has 0 atom stereocenters. The van der Waals surface area contributed by atoms with Gasteiger partial charge in [0, 0.05) is 0 Å². The molecule has 0 amide bonds. The summed E-state index contributed by atoms with van der Waals surface area (Å²) in [7, 11) is 0. The van der Waals surface area contributed by atoms with E-state index < -0.39 is 43.5 Å². The third-order valence-corrected chi connectivity index (χ3v) is 26.7. The van der Waals surface area contributed by atoms with E-state index >= 15 is 0 Å². The molecule has 0 heterocycles. The molecule has 0 aliphatic heterocycles. The monoisotopic (exact) mass is 1010 g/mol. The van der Waals surface area contributed by atoms with Crippen molar-refractivity contribution in [3.8, 4) is 0 Å². The zero-order chi connectivity index (χ0) is 33.6. The van der Waals surface area contributed by atoms with E-state index in [4.69, 9.17) is 0 Å². The molecule has 0 unspecified atom stereocenters. The van der Waals surface area contributed by atoms with Gasteiger partial charge in [-0.25, -0.2) is 0 Å². The number of benzene rings is 5. The van der Waals surface area contributed by atoms with Crippen LogP contribution in [0.5, 0.6) is 0 Å². The van der Waals surface area contributed by atoms with E-state index in [0.717, 1.165) is 0 Å². The van der Waals surface area contributed by atoms with E-state index in [2.05, 4.69) is 172 Å². The van der Waals surface area contributed by atoms with Crippen molar-refractivity contribution in [3.05, 3.63) is 219 Å². The number of hydrogen-bond donors (Lipinski definition) is 0. The zero-order valence-corrected chi connectivity index (χ0v) is 34.2. The van der Waals surface area contributed by atoms with Gasteiger partial charge in [-0.05, 0) is 0 Å². The molecule has 0 aliphatic carbocycles. The van der Waals surface area contributed by atoms with Gasteiger partial charge in [0.1, 0.15) is 0 Å². The van der Waals surface area contributed by atoms with Crippen molar-refractivity contribution < 1.29 is 0 Å². The summed E-state index contributed by atoms with van der Waals surface area (Å²) >= 11 is -5.19. The summed E-state index contributed by atoms with van der Waals surface area (Å²) in [5, 5.41) is 0. The van der Waals surface area contributed by atoms with Gasteiger partial charge >= 0.3 is 306 Å². The molecule has 0 N–H and O–H groups in total. The summed E-state index contributed by atoms with van der Waals surface area (Å²) in [5.41, 5.74) is 4.76. The Morgan fingerprint density at radius 3 is 0.604 bits per heavy atom. The average Bonchev–Trinajstić information content (AvgIpc) is 3.14. The first-order valence-corrected chi connectivity index (χ1v) is 26.3. The maximum atomic E-state index is 3.82. The van der Waals surface area contributed by atoms with Crippen molar-refractivity contribution in [2.75, 3.05) is 0 Å². The van der Waals surface area contributed by atoms with E-state index in [9.17, 15) is 0 Å². The van der Waals surface area contributed by atoms with Gasteiger partial charge in [-0.1, -0.05) is 0 Å². The van der Waals surface area contributed by atoms with Crippen LogP contribution >= 0.6 is 0 Å². The Labute approximate surface area is 303 Å². The third-order valence-electron chi connectivity index (χ3n) is 7.67. The second-order valence-corrected chi connectivity index (χ2v) is 28.2. The van der Waals surface area contributed by atoms with Gasteiger partial charge in [-0.2, -0.15) is 0 Å². The van der Waals surface area contributed by atoms with Crippen LogP contribution in [0, 0.1) is 0 Å². The topological polar surface area (TPSA) is 0 Å². The first kappa shape index (κ1) is 35.1. The first-order valence-electron chi connectivity index (χ1n) is 15.9. The molecule has 0 nitrogen and oxygen atoms in total. The van der Waals surface area contributed by atoms with Gasteiger partial charge in [0.2, 0.25) is 0 Å². The van der Waals surface area contributed by atoms with Crippen molar-refractivity contribution in [1.29, 1.82) is 0 Å². The second kappa shape index (κ2) is 18.4. The van der Waals surface area contributed by atoms with Gasteiger partial charge in [0.25, 0.3) is 0 Å². The molecule has 0 aliphatic rings. The van der Waals surface area contributed by atoms with Crippen LogP contribution < -0.4 is 19.6 Å². The molecular formula is C46H40Bi2. The van der Waals surface area contributed by atoms with Crippen molar-refractivity contribution >= 4 is 87.4 Å². The normalized spacial score (nSPS) is 11.7. The minimum absolute atomic E-state index is 1.19. The zero-order valence-electron chi connectivity index (χ0n) is 27.2. The molecule has 0 spiro atoms. The van der Waals surface area contributed by atoms with Crippen molar-refractivity contribution in [2.45, 2.75) is 0 Å². The molecule has 5 aromatic rings. The van der Waals surface area contributed by atoms with Gasteiger partial charge < -0.3 is 0 Å². The van der Waals surface area contributed by atoms with Crippen LogP contribution in [0.1, 0.15) is 22.3 Å². The fourth-order valence-electron chi connectivity index (χ4n) is 5.30. The van der Waals surface area contributed by atoms with Gasteiger partial charge in [0.05, 0.1) is 0 Å². The standard InChI is InChI=1S/4C10H9.C6H4.2Bi/c4*1-2-3-7-10-8-5-4-6-9-10;1-2-4-6-5-3-1;;/h4*2-3,5-9H,1H2;1-2,5-6H;;. The molecule has 5 rings (SSSR count). The number of rotatable bonds is 14. The van der Waals surface area contributed by atoms with E-state index in [1.54, 1.807) is 0 Å². The van der Waals surface area contributed by atoms with Gasteiger partial charge in [-0.3, -0.25) is 0 Å². The van der Waals surface area contributed by atoms with Crippen LogP contribution in [0.4, 0.5) is 0 Å². The van der Waals surface area contributed by atoms with E-state index in [-0.39, 0.29) is 0 Å². The van der Waals surface area contributed by atoms with Crippen LogP contribution in [0.3, 0.4) is 0 Å². The quantitative estimate of drug-likeness (QED) is 0.0799. The van der Waals surface area contributed by atoms with Gasteiger partial charge in [-0.15, -0.1) is 0 Å². The van der Waals surface area contributed by atoms with E-state index in [1.807, 2.05) is 48.6 Å². The second-order valence-electron chi connectivity index (χ2n) is 10.9. The van der Waals surface area contributed by atoms with Crippen molar-refractivity contribution in [2.24, 2.45) is 0 Å². The summed E-state index contributed by atoms with van der Waals surface area (Å²) in [6.45, 7) is 15.3. The summed E-state index contributed by atoms with van der Waals surface area (Å²) in [6, 6.07) is 46.4. The molecule has 0 fully saturated rings. The molecular weight excluding hydrogens is 970 g/mol. The molecule has 0 saturated carbocycles. The Bertz CT molecular complexity index is 1660. The SMILES string of the molecule is C=CC=Cc1cc[c]([Bi]([c]2ccc(C=CC=C)cc2)[c]2cc[c]([Bi]([c]3ccc(C=CC=C)cc3)[c]3ccc(C=CC=C)cc3)cc2)cc1. The molecule has 0 bridgehead atoms. The molecule has 5 aromatic carbocycles.